The molecule has 68 heteroatoms. The zero-order valence-corrected chi connectivity index (χ0v) is 59.6. The predicted octanol–water partition coefficient (Wildman–Crippen LogP) is 0.388. The standard InChI is InChI=1S/C13H20FN4O13P3.C12H17FN7O13P3.C12H17FN7O12P3/c1-12(20)10(19)13(4-14,5-28-33(24,25)31-34(26,27)30-32(21,22)23)29-11(12)18-6-17-8-7(15)2-3-16-9(8)18;1-5-17-9-7(10(22)18-5)15-4-20(9)11-6(13)8(21)12(31-11,2-16-19-14)3-30-35(26,27)33-36(28,29)32-34(23,24)25;13-7-9(21)12(3-18-19-15,4-29-34(25,26)32-35(27,28)31-33(22,23)24)30-11(7)20-5-17-8-6(14)1-2-16-10(8)20/h2-3,6,10-11,19-20H,4-5H2,1H3,(H2,15,16)(H,24,25)(H,26,27)(H2,21,22,23);4,6,8,11,21H,2-3H2,1H3,(H,26,27)(H,28,29)(H,17,18,22)(H2,23,24,25);1-2,5,7,9,11,21H,3-4H2,(H2,14,16)(H,25,26)(H,27,28)(H2,22,23,24)/t10-,11+,12+,13+;6-,8+,11-,12-;7-,9+,11-,12-/m011/s1. The molecule has 586 valence electrons. The van der Waals surface area contributed by atoms with E-state index in [1.165, 1.54) is 31.5 Å². The summed E-state index contributed by atoms with van der Waals surface area (Å²) in [6.07, 6.45) is -10.5. The van der Waals surface area contributed by atoms with Crippen LogP contribution < -0.4 is 17.0 Å². The number of ether oxygens (including phenoxy) is 3. The van der Waals surface area contributed by atoms with E-state index in [1.54, 1.807) is 0 Å². The van der Waals surface area contributed by atoms with Crippen LogP contribution in [0, 0.1) is 6.92 Å². The number of nitrogens with two attached hydrogens (primary N) is 2. The number of aromatic nitrogens is 10. The normalized spacial score (nSPS) is 29.2. The lowest BCUT2D eigenvalue weighted by atomic mass is 9.88. The highest BCUT2D eigenvalue weighted by Gasteiger charge is 2.64. The lowest BCUT2D eigenvalue weighted by molar-refractivity contribution is -0.135. The Kier molecular flexibility index (Phi) is 26.3. The van der Waals surface area contributed by atoms with Gasteiger partial charge in [-0.3, -0.25) is 32.1 Å². The first-order chi connectivity index (χ1) is 48.0. The molecule has 6 unspecified atom stereocenters. The van der Waals surface area contributed by atoms with Crippen LogP contribution in [0.4, 0.5) is 24.5 Å². The summed E-state index contributed by atoms with van der Waals surface area (Å²) in [7, 11) is -51.5. The van der Waals surface area contributed by atoms with E-state index in [0.717, 1.165) is 39.6 Å². The number of azide groups is 2. The van der Waals surface area contributed by atoms with Gasteiger partial charge in [0, 0.05) is 22.2 Å². The van der Waals surface area contributed by atoms with Gasteiger partial charge in [-0.1, -0.05) is 10.2 Å². The van der Waals surface area contributed by atoms with Crippen LogP contribution in [-0.2, 0) is 94.7 Å². The number of aliphatic hydroxyl groups is 4. The van der Waals surface area contributed by atoms with E-state index in [9.17, 15) is 100 Å². The maximum absolute atomic E-state index is 15.2. The summed E-state index contributed by atoms with van der Waals surface area (Å²) in [5.41, 5.74) is 19.2. The number of rotatable bonds is 29. The average molecular weight is 1690 g/mol. The van der Waals surface area contributed by atoms with Gasteiger partial charge in [0.15, 0.2) is 59.1 Å². The zero-order valence-electron chi connectivity index (χ0n) is 51.6. The molecular formula is C37H54F3N18O38P9. The minimum Gasteiger partial charge on any atom is -0.397 e. The van der Waals surface area contributed by atoms with Crippen molar-refractivity contribution in [2.45, 2.75) is 85.6 Å². The van der Waals surface area contributed by atoms with Crippen LogP contribution in [0.2, 0.25) is 0 Å². The summed E-state index contributed by atoms with van der Waals surface area (Å²) in [5, 5.41) is 48.9. The van der Waals surface area contributed by atoms with Gasteiger partial charge in [-0.25, -0.2) is 84.2 Å². The lowest BCUT2D eigenvalue weighted by Gasteiger charge is -2.31. The Bertz CT molecular complexity index is 4860. The molecule has 0 spiro atoms. The molecule has 56 nitrogen and oxygen atoms in total. The number of fused-ring (bicyclic) bond motifs is 3. The monoisotopic (exact) mass is 1690 g/mol. The second-order valence-electron chi connectivity index (χ2n) is 21.5. The number of aromatic amines is 1. The van der Waals surface area contributed by atoms with Crippen LogP contribution in [0.1, 0.15) is 31.4 Å². The van der Waals surface area contributed by atoms with Crippen molar-refractivity contribution < 1.29 is 187 Å². The zero-order chi connectivity index (χ0) is 79.1. The fourth-order valence-corrected chi connectivity index (χ4v) is 18.8. The number of nitrogens with zero attached hydrogens (tertiary/aromatic N) is 15. The smallest absolute Gasteiger partial charge is 0.397 e. The first-order valence-electron chi connectivity index (χ1n) is 27.1. The summed E-state index contributed by atoms with van der Waals surface area (Å²) in [5.74, 6) is 0.121. The maximum atomic E-state index is 15.2. The largest absolute Gasteiger partial charge is 0.490 e. The number of alkyl halides is 3. The van der Waals surface area contributed by atoms with Crippen molar-refractivity contribution in [3.8, 4) is 0 Å². The Morgan fingerprint density at radius 3 is 1.29 bits per heavy atom. The van der Waals surface area contributed by atoms with Gasteiger partial charge in [-0.15, -0.1) is 0 Å². The minimum absolute atomic E-state index is 0.0392. The number of hydrogen-bond acceptors (Lipinski definition) is 36. The van der Waals surface area contributed by atoms with Gasteiger partial charge in [0.05, 0.1) is 63.3 Å². The highest BCUT2D eigenvalue weighted by molar-refractivity contribution is 7.67. The molecule has 3 aliphatic heterocycles. The molecule has 6 aromatic rings. The Hall–Kier alpha value is -5.45. The molecular weight excluding hydrogens is 1640 g/mol. The quantitative estimate of drug-likeness (QED) is 0.0131. The molecule has 0 aliphatic carbocycles. The number of phosphoric acid groups is 9. The van der Waals surface area contributed by atoms with E-state index in [4.69, 9.17) is 66.1 Å². The molecule has 105 heavy (non-hydrogen) atoms. The second-order valence-corrected chi connectivity index (χ2v) is 34.8. The van der Waals surface area contributed by atoms with E-state index >= 15 is 8.78 Å². The molecule has 21 N–H and O–H groups in total. The molecule has 6 aromatic heterocycles. The van der Waals surface area contributed by atoms with Gasteiger partial charge in [-0.05, 0) is 37.0 Å². The van der Waals surface area contributed by atoms with Crippen LogP contribution in [-0.4, -0.2) is 220 Å². The minimum atomic E-state index is -5.87. The topological polar surface area (TPSA) is 863 Å². The van der Waals surface area contributed by atoms with Crippen molar-refractivity contribution in [2.24, 2.45) is 10.2 Å². The van der Waals surface area contributed by atoms with Gasteiger partial charge in [0.1, 0.15) is 58.6 Å². The fraction of sp³-hybridized carbons (Fsp3) is 0.541. The van der Waals surface area contributed by atoms with Gasteiger partial charge in [0.2, 0.25) is 0 Å². The van der Waals surface area contributed by atoms with Crippen molar-refractivity contribution in [1.29, 1.82) is 0 Å². The van der Waals surface area contributed by atoms with Gasteiger partial charge >= 0.3 is 70.4 Å². The first-order valence-corrected chi connectivity index (χ1v) is 40.7. The molecule has 3 saturated heterocycles. The third kappa shape index (κ3) is 21.1. The van der Waals surface area contributed by atoms with Crippen LogP contribution in [0.3, 0.4) is 0 Å². The fourth-order valence-electron chi connectivity index (χ4n) is 9.59. The number of anilines is 2. The summed E-state index contributed by atoms with van der Waals surface area (Å²) in [4.78, 5) is 151. The molecule has 0 saturated carbocycles. The van der Waals surface area contributed by atoms with Crippen LogP contribution in [0.15, 0.2) is 58.5 Å². The molecule has 0 radical (unpaired) electrons. The number of H-pyrrole nitrogens is 1. The number of nitrogen functional groups attached to an aromatic ring is 2. The summed E-state index contributed by atoms with van der Waals surface area (Å²) < 4.78 is 202. The number of aryl methyl sites for hydroxylation is 1. The first kappa shape index (κ1) is 86.8. The molecule has 0 aromatic carbocycles. The van der Waals surface area contributed by atoms with Gasteiger partial charge < -0.3 is 110 Å². The number of halogens is 3. The van der Waals surface area contributed by atoms with Crippen molar-refractivity contribution in [1.82, 2.24) is 48.6 Å². The molecule has 3 fully saturated rings. The molecule has 9 rings (SSSR count). The lowest BCUT2D eigenvalue weighted by Crippen LogP contribution is -2.53. The molecule has 9 heterocycles. The highest BCUT2D eigenvalue weighted by Crippen LogP contribution is 2.69. The van der Waals surface area contributed by atoms with Crippen LogP contribution in [0.25, 0.3) is 54.4 Å². The number of phosphoric ester groups is 3. The van der Waals surface area contributed by atoms with E-state index in [2.05, 4.69) is 94.4 Å². The summed E-state index contributed by atoms with van der Waals surface area (Å²) in [6, 6.07) is 2.86. The van der Waals surface area contributed by atoms with Crippen molar-refractivity contribution in [3.63, 3.8) is 0 Å². The number of hydrogen-bond donors (Lipinski definition) is 19. The van der Waals surface area contributed by atoms with Crippen LogP contribution >= 0.6 is 70.4 Å². The molecule has 0 bridgehead atoms. The third-order valence-corrected chi connectivity index (χ3v) is 25.2. The van der Waals surface area contributed by atoms with Crippen molar-refractivity contribution in [3.05, 3.63) is 80.6 Å². The number of imidazole rings is 3. The van der Waals surface area contributed by atoms with Crippen molar-refractivity contribution in [2.75, 3.05) is 51.1 Å². The predicted molar refractivity (Wildman–Crippen MR) is 327 cm³/mol. The van der Waals surface area contributed by atoms with Crippen LogP contribution in [0.5, 0.6) is 0 Å². The van der Waals surface area contributed by atoms with E-state index in [0.29, 0.717) is 0 Å². The van der Waals surface area contributed by atoms with E-state index in [1.807, 2.05) is 0 Å². The SMILES string of the molecule is C[C@@]1(O)[C@H](O)[C@@](CF)(COP(=O)(O)OP(=O)(O)OP(=O)(O)O)O[C@H]1n1cnc2c(N)ccnc21.Cc1nc2c(ncn2[C@@H]2O[C@](CN=[N+]=[N-])(COP(=O)(O)OP(=O)(O)OP(=O)(O)O)[C@@H](O)[C@H]2F)c(=O)[nH]1.[N-]=[N+]=NC[C@]1(COP(=O)(O)OP(=O)(O)OP(=O)(O)O)O[C@@H](n2cnc3c(N)ccnc32)[C@H](F)[C@@H]1O. The Labute approximate surface area is 576 Å². The third-order valence-electron chi connectivity index (χ3n) is 13.9. The highest BCUT2D eigenvalue weighted by atomic mass is 31.3. The Balaban J connectivity index is 0.000000220. The number of pyridine rings is 2. The van der Waals surface area contributed by atoms with Gasteiger partial charge in [0.25, 0.3) is 5.56 Å². The van der Waals surface area contributed by atoms with E-state index < -0.39 is 187 Å². The maximum Gasteiger partial charge on any atom is 0.490 e. The summed E-state index contributed by atoms with van der Waals surface area (Å²) in [6.45, 7) is -4.88. The average Bonchev–Trinajstić information content (AvgIpc) is 1.69. The molecule has 3 aliphatic rings. The van der Waals surface area contributed by atoms with E-state index in [-0.39, 0.29) is 50.7 Å². The van der Waals surface area contributed by atoms with Gasteiger partial charge in [-0.2, -0.15) is 25.9 Å². The second kappa shape index (κ2) is 31.9. The Morgan fingerprint density at radius 2 is 0.914 bits per heavy atom. The number of nitrogens with one attached hydrogen (secondary N) is 1. The molecule has 0 amide bonds. The van der Waals surface area contributed by atoms with Crippen molar-refractivity contribution >= 4 is 115 Å². The summed E-state index contributed by atoms with van der Waals surface area (Å²) >= 11 is 0. The Morgan fingerprint density at radius 1 is 0.562 bits per heavy atom. The molecule has 18 atom stereocenters. The number of aliphatic hydroxyl groups excluding tert-OH is 3.